The van der Waals surface area contributed by atoms with Gasteiger partial charge in [0, 0.05) is 38.0 Å². The van der Waals surface area contributed by atoms with E-state index in [0.29, 0.717) is 31.4 Å². The van der Waals surface area contributed by atoms with Crippen LogP contribution in [0.25, 0.3) is 0 Å². The van der Waals surface area contributed by atoms with Gasteiger partial charge in [0.2, 0.25) is 5.89 Å². The van der Waals surface area contributed by atoms with E-state index < -0.39 is 0 Å². The van der Waals surface area contributed by atoms with Gasteiger partial charge in [0.1, 0.15) is 6.61 Å². The summed E-state index contributed by atoms with van der Waals surface area (Å²) in [6.07, 6.45) is 2.20. The Bertz CT molecular complexity index is 589. The summed E-state index contributed by atoms with van der Waals surface area (Å²) in [5.74, 6) is 1.27. The lowest BCUT2D eigenvalue weighted by atomic mass is 10.00. The van der Waals surface area contributed by atoms with Crippen molar-refractivity contribution >= 4 is 0 Å². The Balaban J connectivity index is 1.55. The molecule has 1 aliphatic rings. The molecular weight excluding hydrogens is 284 g/mol. The van der Waals surface area contributed by atoms with Crippen LogP contribution in [0, 0.1) is 5.92 Å². The summed E-state index contributed by atoms with van der Waals surface area (Å²) < 4.78 is 10.2. The molecule has 7 heteroatoms. The molecule has 3 rings (SSSR count). The van der Waals surface area contributed by atoms with Gasteiger partial charge in [-0.3, -0.25) is 9.88 Å². The van der Waals surface area contributed by atoms with Crippen molar-refractivity contribution in [1.29, 1.82) is 0 Å². The van der Waals surface area contributed by atoms with Crippen LogP contribution in [0.1, 0.15) is 17.4 Å². The summed E-state index contributed by atoms with van der Waals surface area (Å²) in [6.45, 7) is 2.29. The Morgan fingerprint density at radius 1 is 1.41 bits per heavy atom. The van der Waals surface area contributed by atoms with Gasteiger partial charge in [-0.25, -0.2) is 0 Å². The highest BCUT2D eigenvalue weighted by Crippen LogP contribution is 2.22. The van der Waals surface area contributed by atoms with Crippen LogP contribution in [0.15, 0.2) is 28.9 Å². The fourth-order valence-corrected chi connectivity index (χ4v) is 2.79. The molecule has 7 nitrogen and oxygen atoms in total. The molecule has 0 bridgehead atoms. The molecule has 118 valence electrons. The van der Waals surface area contributed by atoms with E-state index in [0.717, 1.165) is 18.7 Å². The molecule has 3 heterocycles. The first-order chi connectivity index (χ1) is 10.7. The quantitative estimate of drug-likeness (QED) is 0.838. The number of hydrogen-bond acceptors (Lipinski definition) is 7. The zero-order valence-corrected chi connectivity index (χ0v) is 12.6. The highest BCUT2D eigenvalue weighted by Gasteiger charge is 2.32. The highest BCUT2D eigenvalue weighted by molar-refractivity contribution is 5.06. The summed E-state index contributed by atoms with van der Waals surface area (Å²) in [7, 11) is 1.59. The molecule has 0 unspecified atom stereocenters. The lowest BCUT2D eigenvalue weighted by Gasteiger charge is -2.13. The minimum Gasteiger partial charge on any atom is -0.391 e. The maximum atomic E-state index is 10.2. The molecule has 2 aromatic rings. The minimum atomic E-state index is -0.358. The van der Waals surface area contributed by atoms with Crippen molar-refractivity contribution in [1.82, 2.24) is 20.0 Å². The van der Waals surface area contributed by atoms with E-state index >= 15 is 0 Å². The maximum Gasteiger partial charge on any atom is 0.240 e. The third-order valence-electron chi connectivity index (χ3n) is 3.82. The van der Waals surface area contributed by atoms with Crippen LogP contribution in [0.4, 0.5) is 0 Å². The number of likely N-dealkylation sites (tertiary alicyclic amines) is 1. The normalized spacial score (nSPS) is 22.3. The van der Waals surface area contributed by atoms with E-state index in [2.05, 4.69) is 20.0 Å². The second-order valence-corrected chi connectivity index (χ2v) is 5.58. The summed E-state index contributed by atoms with van der Waals surface area (Å²) in [5.41, 5.74) is 1.01. The average molecular weight is 304 g/mol. The van der Waals surface area contributed by atoms with Gasteiger partial charge in [-0.05, 0) is 18.6 Å². The third-order valence-corrected chi connectivity index (χ3v) is 3.82. The minimum absolute atomic E-state index is 0.177. The predicted molar refractivity (Wildman–Crippen MR) is 77.7 cm³/mol. The lowest BCUT2D eigenvalue weighted by Crippen LogP contribution is -2.21. The van der Waals surface area contributed by atoms with Gasteiger partial charge in [0.05, 0.1) is 12.6 Å². The lowest BCUT2D eigenvalue weighted by molar-refractivity contribution is 0.139. The van der Waals surface area contributed by atoms with Crippen LogP contribution in [-0.4, -0.2) is 51.4 Å². The van der Waals surface area contributed by atoms with Gasteiger partial charge in [-0.1, -0.05) is 11.2 Å². The molecule has 2 aromatic heterocycles. The van der Waals surface area contributed by atoms with Gasteiger partial charge < -0.3 is 14.4 Å². The number of aromatic nitrogens is 3. The molecule has 0 aromatic carbocycles. The van der Waals surface area contributed by atoms with Crippen molar-refractivity contribution in [3.05, 3.63) is 41.8 Å². The molecule has 0 aliphatic carbocycles. The number of rotatable bonds is 6. The molecule has 22 heavy (non-hydrogen) atoms. The SMILES string of the molecule is COCc1noc(CN2C[C@@H](Cc3ccccn3)[C@H](O)C2)n1. The Labute approximate surface area is 128 Å². The van der Waals surface area contributed by atoms with Crippen molar-refractivity contribution in [2.75, 3.05) is 20.2 Å². The van der Waals surface area contributed by atoms with Gasteiger partial charge in [0.25, 0.3) is 0 Å². The summed E-state index contributed by atoms with van der Waals surface area (Å²) in [6, 6.07) is 5.86. The largest absolute Gasteiger partial charge is 0.391 e. The van der Waals surface area contributed by atoms with Crippen LogP contribution in [0.5, 0.6) is 0 Å². The number of ether oxygens (including phenoxy) is 1. The first-order valence-electron chi connectivity index (χ1n) is 7.35. The number of aliphatic hydroxyl groups is 1. The Morgan fingerprint density at radius 3 is 3.09 bits per heavy atom. The molecular formula is C15H20N4O3. The first-order valence-corrected chi connectivity index (χ1v) is 7.35. The van der Waals surface area contributed by atoms with Crippen LogP contribution in [0.3, 0.4) is 0 Å². The zero-order valence-electron chi connectivity index (χ0n) is 12.6. The highest BCUT2D eigenvalue weighted by atomic mass is 16.5. The molecule has 0 radical (unpaired) electrons. The smallest absolute Gasteiger partial charge is 0.240 e. The van der Waals surface area contributed by atoms with Crippen LogP contribution < -0.4 is 0 Å². The van der Waals surface area contributed by atoms with Crippen molar-refractivity contribution in [2.45, 2.75) is 25.7 Å². The van der Waals surface area contributed by atoms with E-state index in [4.69, 9.17) is 9.26 Å². The topological polar surface area (TPSA) is 84.5 Å². The number of nitrogens with zero attached hydrogens (tertiary/aromatic N) is 4. The van der Waals surface area contributed by atoms with Gasteiger partial charge in [0.15, 0.2) is 5.82 Å². The van der Waals surface area contributed by atoms with Crippen LogP contribution >= 0.6 is 0 Å². The van der Waals surface area contributed by atoms with Gasteiger partial charge in [-0.15, -0.1) is 0 Å². The number of methoxy groups -OCH3 is 1. The number of aliphatic hydroxyl groups excluding tert-OH is 1. The van der Waals surface area contributed by atoms with Crippen LogP contribution in [0.2, 0.25) is 0 Å². The first kappa shape index (κ1) is 15.1. The fourth-order valence-electron chi connectivity index (χ4n) is 2.79. The molecule has 1 N–H and O–H groups in total. The van der Waals surface area contributed by atoms with Gasteiger partial charge >= 0.3 is 0 Å². The van der Waals surface area contributed by atoms with Crippen molar-refractivity contribution in [3.8, 4) is 0 Å². The molecule has 0 amide bonds. The average Bonchev–Trinajstić information content (AvgIpc) is 3.08. The molecule has 1 saturated heterocycles. The molecule has 2 atom stereocenters. The van der Waals surface area contributed by atoms with Crippen molar-refractivity contribution in [3.63, 3.8) is 0 Å². The summed E-state index contributed by atoms with van der Waals surface area (Å²) in [4.78, 5) is 10.7. The Kier molecular flexibility index (Phi) is 4.77. The van der Waals surface area contributed by atoms with E-state index in [1.165, 1.54) is 0 Å². The number of pyridine rings is 1. The number of hydrogen-bond donors (Lipinski definition) is 1. The monoisotopic (exact) mass is 304 g/mol. The molecule has 0 spiro atoms. The van der Waals surface area contributed by atoms with Crippen LogP contribution in [-0.2, 0) is 24.3 Å². The Morgan fingerprint density at radius 2 is 2.32 bits per heavy atom. The fraction of sp³-hybridized carbons (Fsp3) is 0.533. The number of β-amino-alcohol motifs (C(OH)–C–C–N with tert-alkyl or cyclic N) is 1. The predicted octanol–water partition coefficient (Wildman–Crippen LogP) is 0.646. The standard InChI is InChI=1S/C15H20N4O3/c1-21-10-14-17-15(22-18-14)9-19-7-11(13(20)8-19)6-12-4-2-3-5-16-12/h2-5,11,13,20H,6-10H2,1H3/t11-,13-/m1/s1. The van der Waals surface area contributed by atoms with E-state index in [-0.39, 0.29) is 12.0 Å². The van der Waals surface area contributed by atoms with Gasteiger partial charge in [-0.2, -0.15) is 4.98 Å². The molecule has 0 saturated carbocycles. The third kappa shape index (κ3) is 3.68. The zero-order chi connectivity index (χ0) is 15.4. The Hall–Kier alpha value is -1.83. The molecule has 1 fully saturated rings. The summed E-state index contributed by atoms with van der Waals surface area (Å²) >= 11 is 0. The van der Waals surface area contributed by atoms with E-state index in [9.17, 15) is 5.11 Å². The second kappa shape index (κ2) is 6.95. The second-order valence-electron chi connectivity index (χ2n) is 5.58. The molecule has 1 aliphatic heterocycles. The van der Waals surface area contributed by atoms with E-state index in [1.54, 1.807) is 13.3 Å². The van der Waals surface area contributed by atoms with E-state index in [1.807, 2.05) is 18.2 Å². The summed E-state index contributed by atoms with van der Waals surface area (Å²) in [5, 5.41) is 14.1. The van der Waals surface area contributed by atoms with Crippen molar-refractivity contribution in [2.24, 2.45) is 5.92 Å². The van der Waals surface area contributed by atoms with Crippen molar-refractivity contribution < 1.29 is 14.4 Å². The maximum absolute atomic E-state index is 10.2.